The lowest BCUT2D eigenvalue weighted by atomic mass is 9.83. The Hall–Kier alpha value is -2.66. The number of ether oxygens (including phenoxy) is 1. The lowest BCUT2D eigenvalue weighted by Gasteiger charge is -2.44. The van der Waals surface area contributed by atoms with Gasteiger partial charge in [0.2, 0.25) is 11.8 Å². The van der Waals surface area contributed by atoms with Gasteiger partial charge in [-0.05, 0) is 62.8 Å². The van der Waals surface area contributed by atoms with Crippen LogP contribution in [0.3, 0.4) is 0 Å². The second kappa shape index (κ2) is 8.12. The standard InChI is InChI=1S/C26H32N2O3/c1-25(2)21-11-7-5-9-19(21)13-15-27(25)23(29)17-31-18-24(30)28-16-14-20-10-6-8-12-22(20)26(28,3)4/h5-12H,13-18H2,1-4H3. The van der Waals surface area contributed by atoms with Crippen molar-refractivity contribution in [1.82, 2.24) is 9.80 Å². The fourth-order valence-electron chi connectivity index (χ4n) is 5.24. The van der Waals surface area contributed by atoms with Crippen LogP contribution in [-0.4, -0.2) is 47.9 Å². The van der Waals surface area contributed by atoms with Crippen LogP contribution < -0.4 is 0 Å². The summed E-state index contributed by atoms with van der Waals surface area (Å²) in [5.74, 6) is -0.147. The van der Waals surface area contributed by atoms with Gasteiger partial charge in [0.1, 0.15) is 13.2 Å². The fraction of sp³-hybridized carbons (Fsp3) is 0.462. The maximum Gasteiger partial charge on any atom is 0.249 e. The maximum atomic E-state index is 12.9. The number of rotatable bonds is 4. The summed E-state index contributed by atoms with van der Waals surface area (Å²) >= 11 is 0. The smallest absolute Gasteiger partial charge is 0.249 e. The van der Waals surface area contributed by atoms with Crippen molar-refractivity contribution in [2.24, 2.45) is 0 Å². The molecule has 0 atom stereocenters. The molecule has 31 heavy (non-hydrogen) atoms. The van der Waals surface area contributed by atoms with E-state index < -0.39 is 11.1 Å². The normalized spacial score (nSPS) is 18.8. The molecule has 0 spiro atoms. The Morgan fingerprint density at radius 2 is 1.13 bits per heavy atom. The highest BCUT2D eigenvalue weighted by molar-refractivity contribution is 5.81. The van der Waals surface area contributed by atoms with Crippen molar-refractivity contribution in [2.75, 3.05) is 26.3 Å². The molecule has 2 aliphatic heterocycles. The van der Waals surface area contributed by atoms with Crippen LogP contribution in [0.15, 0.2) is 48.5 Å². The van der Waals surface area contributed by atoms with Crippen molar-refractivity contribution in [2.45, 2.75) is 51.6 Å². The molecule has 0 N–H and O–H groups in total. The van der Waals surface area contributed by atoms with Crippen LogP contribution in [0.5, 0.6) is 0 Å². The molecule has 0 saturated heterocycles. The third-order valence-electron chi connectivity index (χ3n) is 6.97. The van der Waals surface area contributed by atoms with Gasteiger partial charge in [-0.3, -0.25) is 9.59 Å². The van der Waals surface area contributed by atoms with Gasteiger partial charge in [-0.25, -0.2) is 0 Å². The zero-order valence-electron chi connectivity index (χ0n) is 19.0. The van der Waals surface area contributed by atoms with Gasteiger partial charge in [0, 0.05) is 13.1 Å². The minimum absolute atomic E-state index is 0.0736. The molecule has 0 saturated carbocycles. The van der Waals surface area contributed by atoms with E-state index in [1.807, 2.05) is 34.1 Å². The van der Waals surface area contributed by atoms with Crippen LogP contribution in [0, 0.1) is 0 Å². The summed E-state index contributed by atoms with van der Waals surface area (Å²) in [5, 5.41) is 0. The Bertz CT molecular complexity index is 916. The molecule has 0 bridgehead atoms. The zero-order valence-corrected chi connectivity index (χ0v) is 19.0. The van der Waals surface area contributed by atoms with Crippen LogP contribution in [-0.2, 0) is 38.2 Å². The number of nitrogens with zero attached hydrogens (tertiary/aromatic N) is 2. The number of benzene rings is 2. The molecule has 2 aliphatic rings. The molecule has 0 aliphatic carbocycles. The Morgan fingerprint density at radius 1 is 0.742 bits per heavy atom. The summed E-state index contributed by atoms with van der Waals surface area (Å²) < 4.78 is 5.64. The second-order valence-corrected chi connectivity index (χ2v) is 9.52. The number of carbonyl (C=O) groups excluding carboxylic acids is 2. The Labute approximate surface area is 185 Å². The predicted molar refractivity (Wildman–Crippen MR) is 121 cm³/mol. The van der Waals surface area contributed by atoms with E-state index in [1.165, 1.54) is 22.3 Å². The van der Waals surface area contributed by atoms with Gasteiger partial charge in [-0.1, -0.05) is 48.5 Å². The van der Waals surface area contributed by atoms with Gasteiger partial charge in [0.25, 0.3) is 0 Å². The Balaban J connectivity index is 1.37. The van der Waals surface area contributed by atoms with Gasteiger partial charge in [0.15, 0.2) is 0 Å². The molecule has 0 aromatic heterocycles. The first-order valence-corrected chi connectivity index (χ1v) is 11.1. The summed E-state index contributed by atoms with van der Waals surface area (Å²) in [5.41, 5.74) is 4.16. The third-order valence-corrected chi connectivity index (χ3v) is 6.97. The third kappa shape index (κ3) is 3.87. The van der Waals surface area contributed by atoms with E-state index in [2.05, 4.69) is 52.0 Å². The molecule has 2 aromatic rings. The first-order chi connectivity index (χ1) is 14.7. The van der Waals surface area contributed by atoms with Crippen LogP contribution in [0.1, 0.15) is 49.9 Å². The summed E-state index contributed by atoms with van der Waals surface area (Å²) in [4.78, 5) is 29.6. The van der Waals surface area contributed by atoms with Crippen molar-refractivity contribution in [3.05, 3.63) is 70.8 Å². The van der Waals surface area contributed by atoms with Crippen molar-refractivity contribution in [3.63, 3.8) is 0 Å². The average molecular weight is 421 g/mol. The van der Waals surface area contributed by atoms with Gasteiger partial charge in [-0.2, -0.15) is 0 Å². The molecule has 5 heteroatoms. The highest BCUT2D eigenvalue weighted by atomic mass is 16.5. The largest absolute Gasteiger partial charge is 0.362 e. The fourth-order valence-corrected chi connectivity index (χ4v) is 5.24. The highest BCUT2D eigenvalue weighted by Crippen LogP contribution is 2.36. The summed E-state index contributed by atoms with van der Waals surface area (Å²) in [6.45, 7) is 9.45. The predicted octanol–water partition coefficient (Wildman–Crippen LogP) is 3.64. The Kier molecular flexibility index (Phi) is 5.65. The van der Waals surface area contributed by atoms with Gasteiger partial charge >= 0.3 is 0 Å². The Morgan fingerprint density at radius 3 is 1.55 bits per heavy atom. The van der Waals surface area contributed by atoms with Gasteiger partial charge in [-0.15, -0.1) is 0 Å². The van der Waals surface area contributed by atoms with Crippen LogP contribution in [0.25, 0.3) is 0 Å². The molecule has 2 heterocycles. The lowest BCUT2D eigenvalue weighted by molar-refractivity contribution is -0.148. The minimum Gasteiger partial charge on any atom is -0.362 e. The van der Waals surface area contributed by atoms with E-state index in [4.69, 9.17) is 4.74 Å². The molecule has 0 radical (unpaired) electrons. The molecule has 0 unspecified atom stereocenters. The maximum absolute atomic E-state index is 12.9. The monoisotopic (exact) mass is 420 g/mol. The van der Waals surface area contributed by atoms with Crippen molar-refractivity contribution >= 4 is 11.8 Å². The van der Waals surface area contributed by atoms with Crippen molar-refractivity contribution in [1.29, 1.82) is 0 Å². The number of amides is 2. The molecule has 2 aromatic carbocycles. The molecule has 4 rings (SSSR count). The van der Waals surface area contributed by atoms with Crippen LogP contribution in [0.2, 0.25) is 0 Å². The quantitative estimate of drug-likeness (QED) is 0.759. The molecule has 5 nitrogen and oxygen atoms in total. The second-order valence-electron chi connectivity index (χ2n) is 9.52. The topological polar surface area (TPSA) is 49.9 Å². The molecule has 2 amide bonds. The number of carbonyl (C=O) groups is 2. The molecular formula is C26H32N2O3. The minimum atomic E-state index is -0.391. The van der Waals surface area contributed by atoms with Gasteiger partial charge < -0.3 is 14.5 Å². The number of hydrogen-bond donors (Lipinski definition) is 0. The average Bonchev–Trinajstić information content (AvgIpc) is 2.73. The van der Waals surface area contributed by atoms with E-state index in [-0.39, 0.29) is 25.0 Å². The molecule has 164 valence electrons. The summed E-state index contributed by atoms with van der Waals surface area (Å²) in [6, 6.07) is 16.6. The molecular weight excluding hydrogens is 388 g/mol. The van der Waals surface area contributed by atoms with Gasteiger partial charge in [0.05, 0.1) is 11.1 Å². The number of fused-ring (bicyclic) bond motifs is 2. The van der Waals surface area contributed by atoms with E-state index in [1.54, 1.807) is 0 Å². The van der Waals surface area contributed by atoms with Crippen molar-refractivity contribution in [3.8, 4) is 0 Å². The van der Waals surface area contributed by atoms with E-state index in [9.17, 15) is 9.59 Å². The summed E-state index contributed by atoms with van der Waals surface area (Å²) in [7, 11) is 0. The SMILES string of the molecule is CC1(C)c2ccccc2CCN1C(=O)COCC(=O)N1CCc2ccccc2C1(C)C. The first-order valence-electron chi connectivity index (χ1n) is 11.1. The summed E-state index contributed by atoms with van der Waals surface area (Å²) in [6.07, 6.45) is 1.68. The highest BCUT2D eigenvalue weighted by Gasteiger charge is 2.38. The number of hydrogen-bond acceptors (Lipinski definition) is 3. The first kappa shape index (κ1) is 21.6. The van der Waals surface area contributed by atoms with E-state index >= 15 is 0 Å². The van der Waals surface area contributed by atoms with Crippen LogP contribution >= 0.6 is 0 Å². The van der Waals surface area contributed by atoms with Crippen LogP contribution in [0.4, 0.5) is 0 Å². The lowest BCUT2D eigenvalue weighted by Crippen LogP contribution is -2.52. The van der Waals surface area contributed by atoms with E-state index in [0.717, 1.165) is 12.8 Å². The van der Waals surface area contributed by atoms with Crippen molar-refractivity contribution < 1.29 is 14.3 Å². The van der Waals surface area contributed by atoms with E-state index in [0.29, 0.717) is 13.1 Å². The zero-order chi connectivity index (χ0) is 22.2. The molecule has 0 fully saturated rings.